The van der Waals surface area contributed by atoms with Crippen LogP contribution in [0.5, 0.6) is 0 Å². The van der Waals surface area contributed by atoms with E-state index in [0.717, 1.165) is 0 Å². The lowest BCUT2D eigenvalue weighted by atomic mass is 10.0. The Morgan fingerprint density at radius 2 is 1.24 bits per heavy atom. The van der Waals surface area contributed by atoms with Crippen molar-refractivity contribution in [2.75, 3.05) is 0 Å². The molecular formula is C20H35N5O9. The third kappa shape index (κ3) is 12.1. The largest absolute Gasteiger partial charge is 0.481 e. The first-order valence-electron chi connectivity index (χ1n) is 10.7. The average molecular weight is 490 g/mol. The Morgan fingerprint density at radius 1 is 0.765 bits per heavy atom. The highest BCUT2D eigenvalue weighted by atomic mass is 16.4. The number of nitrogens with two attached hydrogens (primary N) is 2. The fourth-order valence-corrected chi connectivity index (χ4v) is 2.82. The monoisotopic (exact) mass is 489 g/mol. The topological polar surface area (TPSA) is 251 Å². The molecule has 0 aromatic rings. The molecule has 0 bridgehead atoms. The van der Waals surface area contributed by atoms with Crippen LogP contribution in [0.4, 0.5) is 0 Å². The number of hydrogen-bond donors (Lipinski definition) is 8. The number of aliphatic carboxylic acids is 2. The molecule has 0 saturated heterocycles. The van der Waals surface area contributed by atoms with Crippen LogP contribution in [0.25, 0.3) is 0 Å². The standard InChI is InChI=1S/C20H35N5O9/c1-9(2)8-13(25-19(32)16(22)10(3)26)18(31)23-11(4-6-14(21)27)17(30)24-12(20(33)34)5-7-15(28)29/h9-13,16,26H,4-8,22H2,1-3H3,(H2,21,27)(H,23,31)(H,24,30)(H,25,32)(H,28,29)(H,33,34). The van der Waals surface area contributed by atoms with Gasteiger partial charge < -0.3 is 42.7 Å². The molecule has 0 aliphatic heterocycles. The number of aliphatic hydroxyl groups is 1. The van der Waals surface area contributed by atoms with E-state index in [1.807, 2.05) is 0 Å². The number of carbonyl (C=O) groups is 6. The predicted molar refractivity (Wildman–Crippen MR) is 118 cm³/mol. The Balaban J connectivity index is 5.59. The second kappa shape index (κ2) is 14.8. The molecule has 4 amide bonds. The average Bonchev–Trinajstić information content (AvgIpc) is 2.71. The van der Waals surface area contributed by atoms with Crippen LogP contribution in [0.1, 0.15) is 52.9 Å². The summed E-state index contributed by atoms with van der Waals surface area (Å²) in [6, 6.07) is -5.40. The highest BCUT2D eigenvalue weighted by Gasteiger charge is 2.31. The maximum absolute atomic E-state index is 12.9. The van der Waals surface area contributed by atoms with E-state index in [9.17, 15) is 39.0 Å². The normalized spacial score (nSPS) is 15.4. The molecule has 0 rings (SSSR count). The Morgan fingerprint density at radius 3 is 1.68 bits per heavy atom. The van der Waals surface area contributed by atoms with Crippen LogP contribution in [0.3, 0.4) is 0 Å². The van der Waals surface area contributed by atoms with Crippen LogP contribution in [-0.2, 0) is 28.8 Å². The van der Waals surface area contributed by atoms with Gasteiger partial charge in [0.2, 0.25) is 23.6 Å². The number of aliphatic hydroxyl groups excluding tert-OH is 1. The van der Waals surface area contributed by atoms with Gasteiger partial charge in [-0.1, -0.05) is 13.8 Å². The molecular weight excluding hydrogens is 454 g/mol. The first kappa shape index (κ1) is 30.7. The Labute approximate surface area is 196 Å². The molecule has 0 aromatic heterocycles. The number of carboxylic acids is 2. The summed E-state index contributed by atoms with van der Waals surface area (Å²) >= 11 is 0. The maximum atomic E-state index is 12.9. The lowest BCUT2D eigenvalue weighted by molar-refractivity contribution is -0.143. The number of amides is 4. The third-order valence-corrected chi connectivity index (χ3v) is 4.74. The van der Waals surface area contributed by atoms with Gasteiger partial charge in [-0.15, -0.1) is 0 Å². The molecule has 0 heterocycles. The third-order valence-electron chi connectivity index (χ3n) is 4.74. The molecule has 0 aromatic carbocycles. The molecule has 14 nitrogen and oxygen atoms in total. The molecule has 0 spiro atoms. The second-order valence-electron chi connectivity index (χ2n) is 8.36. The van der Waals surface area contributed by atoms with Crippen molar-refractivity contribution in [2.24, 2.45) is 17.4 Å². The van der Waals surface area contributed by atoms with Gasteiger partial charge >= 0.3 is 11.9 Å². The SMILES string of the molecule is CC(C)CC(NC(=O)C(N)C(C)O)C(=O)NC(CCC(N)=O)C(=O)NC(CCC(=O)O)C(=O)O. The van der Waals surface area contributed by atoms with Crippen LogP contribution < -0.4 is 27.4 Å². The van der Waals surface area contributed by atoms with Crippen LogP contribution in [0, 0.1) is 5.92 Å². The predicted octanol–water partition coefficient (Wildman–Crippen LogP) is -2.59. The minimum Gasteiger partial charge on any atom is -0.481 e. The number of carbonyl (C=O) groups excluding carboxylic acids is 4. The summed E-state index contributed by atoms with van der Waals surface area (Å²) in [5.41, 5.74) is 10.7. The van der Waals surface area contributed by atoms with Crippen LogP contribution in [0.15, 0.2) is 0 Å². The number of nitrogens with one attached hydrogen (secondary N) is 3. The van der Waals surface area contributed by atoms with E-state index in [1.54, 1.807) is 13.8 Å². The van der Waals surface area contributed by atoms with E-state index in [1.165, 1.54) is 6.92 Å². The molecule has 0 radical (unpaired) electrons. The highest BCUT2D eigenvalue weighted by molar-refractivity contribution is 5.94. The minimum absolute atomic E-state index is 0.0795. The van der Waals surface area contributed by atoms with Crippen LogP contribution >= 0.6 is 0 Å². The van der Waals surface area contributed by atoms with Gasteiger partial charge in [0.1, 0.15) is 24.2 Å². The zero-order valence-corrected chi connectivity index (χ0v) is 19.4. The smallest absolute Gasteiger partial charge is 0.326 e. The van der Waals surface area contributed by atoms with Crippen molar-refractivity contribution >= 4 is 35.6 Å². The summed E-state index contributed by atoms with van der Waals surface area (Å²) in [6.45, 7) is 4.85. The number of primary amides is 1. The van der Waals surface area contributed by atoms with Crippen LogP contribution in [-0.4, -0.2) is 81.2 Å². The van der Waals surface area contributed by atoms with E-state index in [4.69, 9.17) is 16.6 Å². The molecule has 0 fully saturated rings. The van der Waals surface area contributed by atoms with Crippen molar-refractivity contribution in [2.45, 2.75) is 83.1 Å². The van der Waals surface area contributed by atoms with Gasteiger partial charge in [-0.2, -0.15) is 0 Å². The molecule has 14 heteroatoms. The van der Waals surface area contributed by atoms with Gasteiger partial charge in [0.25, 0.3) is 0 Å². The van der Waals surface area contributed by atoms with E-state index >= 15 is 0 Å². The minimum atomic E-state index is -1.55. The van der Waals surface area contributed by atoms with Gasteiger partial charge in [-0.05, 0) is 32.1 Å². The van der Waals surface area contributed by atoms with Gasteiger partial charge in [0.05, 0.1) is 6.10 Å². The number of carboxylic acid groups (broad SMARTS) is 2. The zero-order valence-electron chi connectivity index (χ0n) is 19.4. The van der Waals surface area contributed by atoms with Crippen molar-refractivity contribution in [3.05, 3.63) is 0 Å². The molecule has 5 atom stereocenters. The molecule has 0 aliphatic carbocycles. The highest BCUT2D eigenvalue weighted by Crippen LogP contribution is 2.08. The molecule has 34 heavy (non-hydrogen) atoms. The molecule has 0 saturated carbocycles. The molecule has 0 aliphatic rings. The van der Waals surface area contributed by atoms with E-state index < -0.39 is 78.7 Å². The Bertz CT molecular complexity index is 757. The van der Waals surface area contributed by atoms with Crippen molar-refractivity contribution in [3.63, 3.8) is 0 Å². The van der Waals surface area contributed by atoms with Crippen LogP contribution in [0.2, 0.25) is 0 Å². The quantitative estimate of drug-likeness (QED) is 0.112. The summed E-state index contributed by atoms with van der Waals surface area (Å²) in [4.78, 5) is 71.1. The summed E-state index contributed by atoms with van der Waals surface area (Å²) in [5, 5.41) is 34.4. The first-order valence-corrected chi connectivity index (χ1v) is 10.7. The fourth-order valence-electron chi connectivity index (χ4n) is 2.82. The number of hydrogen-bond acceptors (Lipinski definition) is 8. The summed E-state index contributed by atoms with van der Waals surface area (Å²) in [7, 11) is 0. The van der Waals surface area contributed by atoms with Crippen molar-refractivity contribution in [3.8, 4) is 0 Å². The maximum Gasteiger partial charge on any atom is 0.326 e. The first-order chi connectivity index (χ1) is 15.6. The van der Waals surface area contributed by atoms with Gasteiger partial charge in [0, 0.05) is 12.8 Å². The zero-order chi connectivity index (χ0) is 26.6. The van der Waals surface area contributed by atoms with Gasteiger partial charge in [-0.25, -0.2) is 4.79 Å². The fraction of sp³-hybridized carbons (Fsp3) is 0.700. The molecule has 10 N–H and O–H groups in total. The Hall–Kier alpha value is -3.26. The Kier molecular flexibility index (Phi) is 13.4. The lowest BCUT2D eigenvalue weighted by Gasteiger charge is -2.26. The van der Waals surface area contributed by atoms with E-state index in [-0.39, 0.29) is 25.2 Å². The lowest BCUT2D eigenvalue weighted by Crippen LogP contribution is -2.58. The van der Waals surface area contributed by atoms with Gasteiger partial charge in [0.15, 0.2) is 0 Å². The number of rotatable bonds is 16. The molecule has 194 valence electrons. The van der Waals surface area contributed by atoms with Crippen molar-refractivity contribution < 1.29 is 44.1 Å². The van der Waals surface area contributed by atoms with E-state index in [0.29, 0.717) is 0 Å². The summed E-state index contributed by atoms with van der Waals surface area (Å²) in [5.74, 6) is -6.17. The summed E-state index contributed by atoms with van der Waals surface area (Å²) < 4.78 is 0. The molecule has 5 unspecified atom stereocenters. The van der Waals surface area contributed by atoms with Crippen molar-refractivity contribution in [1.82, 2.24) is 16.0 Å². The second-order valence-corrected chi connectivity index (χ2v) is 8.36. The van der Waals surface area contributed by atoms with Crippen molar-refractivity contribution in [1.29, 1.82) is 0 Å². The van der Waals surface area contributed by atoms with E-state index in [2.05, 4.69) is 16.0 Å². The summed E-state index contributed by atoms with van der Waals surface area (Å²) in [6.07, 6.45) is -2.56. The van der Waals surface area contributed by atoms with Gasteiger partial charge in [-0.3, -0.25) is 24.0 Å².